The number of aliphatic hydroxyl groups is 1. The van der Waals surface area contributed by atoms with E-state index < -0.39 is 24.1 Å². The molecule has 0 heterocycles. The van der Waals surface area contributed by atoms with Gasteiger partial charge in [-0.15, -0.1) is 0 Å². The Morgan fingerprint density at radius 2 is 2.00 bits per heavy atom. The van der Waals surface area contributed by atoms with Crippen molar-refractivity contribution in [1.82, 2.24) is 10.6 Å². The fourth-order valence-electron chi connectivity index (χ4n) is 1.80. The highest BCUT2D eigenvalue weighted by Crippen LogP contribution is 2.17. The maximum atomic E-state index is 11.6. The largest absolute Gasteiger partial charge is 0.496 e. The smallest absolute Gasteiger partial charge is 0.328 e. The van der Waals surface area contributed by atoms with Gasteiger partial charge < -0.3 is 25.6 Å². The summed E-state index contributed by atoms with van der Waals surface area (Å²) in [5.41, 5.74) is 0.936. The third-order valence-corrected chi connectivity index (χ3v) is 2.91. The van der Waals surface area contributed by atoms with Crippen LogP contribution >= 0.6 is 0 Å². The van der Waals surface area contributed by atoms with Crippen molar-refractivity contribution >= 4 is 12.0 Å². The Morgan fingerprint density at radius 3 is 2.57 bits per heavy atom. The number of benzene rings is 1. The van der Waals surface area contributed by atoms with Gasteiger partial charge >= 0.3 is 12.0 Å². The molecule has 4 N–H and O–H groups in total. The molecule has 0 aliphatic carbocycles. The maximum absolute atomic E-state index is 11.6. The number of amides is 2. The van der Waals surface area contributed by atoms with E-state index in [1.807, 2.05) is 24.3 Å². The van der Waals surface area contributed by atoms with Crippen molar-refractivity contribution in [2.45, 2.75) is 25.5 Å². The summed E-state index contributed by atoms with van der Waals surface area (Å²) in [5.74, 6) is -0.558. The maximum Gasteiger partial charge on any atom is 0.328 e. The minimum atomic E-state index is -1.34. The summed E-state index contributed by atoms with van der Waals surface area (Å²) < 4.78 is 5.19. The summed E-state index contributed by atoms with van der Waals surface area (Å²) in [4.78, 5) is 22.4. The van der Waals surface area contributed by atoms with Gasteiger partial charge in [0.1, 0.15) is 5.75 Å². The number of para-hydroxylation sites is 1. The van der Waals surface area contributed by atoms with Crippen LogP contribution in [0, 0.1) is 0 Å². The molecule has 1 rings (SSSR count). The standard InChI is InChI=1S/C14H20N2O5/c1-9(17)12(13(18)19)16-14(20)15-8-7-10-5-3-4-6-11(10)21-2/h3-6,9,12,17H,7-8H2,1-2H3,(H,18,19)(H2,15,16,20). The van der Waals surface area contributed by atoms with E-state index in [0.29, 0.717) is 13.0 Å². The van der Waals surface area contributed by atoms with Gasteiger partial charge in [0.25, 0.3) is 0 Å². The number of methoxy groups -OCH3 is 1. The highest BCUT2D eigenvalue weighted by atomic mass is 16.5. The van der Waals surface area contributed by atoms with Gasteiger partial charge in [0.05, 0.1) is 13.2 Å². The number of aliphatic hydroxyl groups excluding tert-OH is 1. The summed E-state index contributed by atoms with van der Waals surface area (Å²) in [7, 11) is 1.57. The van der Waals surface area contributed by atoms with Gasteiger partial charge in [-0.3, -0.25) is 0 Å². The van der Waals surface area contributed by atoms with E-state index >= 15 is 0 Å². The van der Waals surface area contributed by atoms with Crippen LogP contribution in [0.25, 0.3) is 0 Å². The average molecular weight is 296 g/mol. The molecular weight excluding hydrogens is 276 g/mol. The zero-order chi connectivity index (χ0) is 15.8. The van der Waals surface area contributed by atoms with Crippen molar-refractivity contribution in [3.8, 4) is 5.75 Å². The van der Waals surface area contributed by atoms with Crippen molar-refractivity contribution in [3.63, 3.8) is 0 Å². The van der Waals surface area contributed by atoms with Crippen LogP contribution < -0.4 is 15.4 Å². The Balaban J connectivity index is 2.45. The minimum absolute atomic E-state index is 0.318. The summed E-state index contributed by atoms with van der Waals surface area (Å²) in [6.45, 7) is 1.62. The Labute approximate surface area is 122 Å². The summed E-state index contributed by atoms with van der Waals surface area (Å²) in [6.07, 6.45) is -0.633. The zero-order valence-corrected chi connectivity index (χ0v) is 12.0. The third-order valence-electron chi connectivity index (χ3n) is 2.91. The SMILES string of the molecule is COc1ccccc1CCNC(=O)NC(C(=O)O)C(C)O. The predicted molar refractivity (Wildman–Crippen MR) is 76.3 cm³/mol. The van der Waals surface area contributed by atoms with Gasteiger partial charge in [0.2, 0.25) is 0 Å². The zero-order valence-electron chi connectivity index (χ0n) is 12.0. The van der Waals surface area contributed by atoms with Crippen LogP contribution in [0.1, 0.15) is 12.5 Å². The first-order valence-electron chi connectivity index (χ1n) is 6.52. The molecular formula is C14H20N2O5. The van der Waals surface area contributed by atoms with Crippen molar-refractivity contribution in [3.05, 3.63) is 29.8 Å². The molecule has 0 bridgehead atoms. The monoisotopic (exact) mass is 296 g/mol. The molecule has 0 spiro atoms. The molecule has 21 heavy (non-hydrogen) atoms. The molecule has 7 heteroatoms. The van der Waals surface area contributed by atoms with E-state index in [4.69, 9.17) is 9.84 Å². The highest BCUT2D eigenvalue weighted by molar-refractivity contribution is 5.82. The van der Waals surface area contributed by atoms with E-state index in [1.54, 1.807) is 7.11 Å². The second-order valence-electron chi connectivity index (χ2n) is 4.52. The lowest BCUT2D eigenvalue weighted by Crippen LogP contribution is -2.51. The van der Waals surface area contributed by atoms with Crippen molar-refractivity contribution < 1.29 is 24.5 Å². The number of carbonyl (C=O) groups is 2. The van der Waals surface area contributed by atoms with E-state index in [0.717, 1.165) is 11.3 Å². The van der Waals surface area contributed by atoms with Crippen LogP contribution in [0.15, 0.2) is 24.3 Å². The fraction of sp³-hybridized carbons (Fsp3) is 0.429. The number of hydrogen-bond acceptors (Lipinski definition) is 4. The molecule has 0 fully saturated rings. The molecule has 1 aromatic rings. The summed E-state index contributed by atoms with van der Waals surface area (Å²) >= 11 is 0. The average Bonchev–Trinajstić information content (AvgIpc) is 2.44. The number of carboxylic acid groups (broad SMARTS) is 1. The van der Waals surface area contributed by atoms with Gasteiger partial charge in [-0.25, -0.2) is 9.59 Å². The van der Waals surface area contributed by atoms with Gasteiger partial charge in [-0.1, -0.05) is 18.2 Å². The normalized spacial score (nSPS) is 13.1. The molecule has 2 amide bonds. The van der Waals surface area contributed by atoms with Gasteiger partial charge in [0, 0.05) is 6.54 Å². The lowest BCUT2D eigenvalue weighted by Gasteiger charge is -2.17. The molecule has 1 aromatic carbocycles. The van der Waals surface area contributed by atoms with Crippen LogP contribution in [-0.2, 0) is 11.2 Å². The summed E-state index contributed by atoms with van der Waals surface area (Å²) in [5, 5.41) is 22.9. The minimum Gasteiger partial charge on any atom is -0.496 e. The van der Waals surface area contributed by atoms with Crippen LogP contribution in [0.2, 0.25) is 0 Å². The third kappa shape index (κ3) is 5.31. The fourth-order valence-corrected chi connectivity index (χ4v) is 1.80. The van der Waals surface area contributed by atoms with Crippen LogP contribution in [-0.4, -0.2) is 48.0 Å². The molecule has 2 atom stereocenters. The molecule has 0 aliphatic heterocycles. The molecule has 0 saturated heterocycles. The topological polar surface area (TPSA) is 108 Å². The van der Waals surface area contributed by atoms with Gasteiger partial charge in [-0.05, 0) is 25.0 Å². The van der Waals surface area contributed by atoms with E-state index in [-0.39, 0.29) is 0 Å². The first-order valence-corrected chi connectivity index (χ1v) is 6.52. The summed E-state index contributed by atoms with van der Waals surface area (Å²) in [6, 6.07) is 5.45. The number of hydrogen-bond donors (Lipinski definition) is 4. The number of aliphatic carboxylic acids is 1. The van der Waals surface area contributed by atoms with Crippen molar-refractivity contribution in [2.24, 2.45) is 0 Å². The molecule has 0 saturated carbocycles. The first kappa shape index (κ1) is 16.8. The predicted octanol–water partition coefficient (Wildman–Crippen LogP) is 0.371. The number of ether oxygens (including phenoxy) is 1. The Kier molecular flexibility index (Phi) is 6.48. The number of carboxylic acids is 1. The number of rotatable bonds is 7. The van der Waals surface area contributed by atoms with Crippen LogP contribution in [0.5, 0.6) is 5.75 Å². The molecule has 0 aromatic heterocycles. The first-order chi connectivity index (χ1) is 9.95. The number of carbonyl (C=O) groups excluding carboxylic acids is 1. The molecule has 0 radical (unpaired) electrons. The lowest BCUT2D eigenvalue weighted by atomic mass is 10.1. The lowest BCUT2D eigenvalue weighted by molar-refractivity contribution is -0.141. The Hall–Kier alpha value is -2.28. The van der Waals surface area contributed by atoms with Crippen LogP contribution in [0.3, 0.4) is 0 Å². The molecule has 7 nitrogen and oxygen atoms in total. The van der Waals surface area contributed by atoms with E-state index in [1.165, 1.54) is 6.92 Å². The van der Waals surface area contributed by atoms with E-state index in [9.17, 15) is 14.7 Å². The number of nitrogens with one attached hydrogen (secondary N) is 2. The number of urea groups is 1. The van der Waals surface area contributed by atoms with Crippen LogP contribution in [0.4, 0.5) is 4.79 Å². The quantitative estimate of drug-likeness (QED) is 0.581. The molecule has 2 unspecified atom stereocenters. The van der Waals surface area contributed by atoms with E-state index in [2.05, 4.69) is 10.6 Å². The second kappa shape index (κ2) is 8.11. The van der Waals surface area contributed by atoms with Crippen molar-refractivity contribution in [1.29, 1.82) is 0 Å². The molecule has 116 valence electrons. The van der Waals surface area contributed by atoms with Crippen molar-refractivity contribution in [2.75, 3.05) is 13.7 Å². The van der Waals surface area contributed by atoms with Gasteiger partial charge in [0.15, 0.2) is 6.04 Å². The Morgan fingerprint density at radius 1 is 1.33 bits per heavy atom. The van der Waals surface area contributed by atoms with Gasteiger partial charge in [-0.2, -0.15) is 0 Å². The Bertz CT molecular complexity index is 490. The second-order valence-corrected chi connectivity index (χ2v) is 4.52. The molecule has 0 aliphatic rings. The highest BCUT2D eigenvalue weighted by Gasteiger charge is 2.24.